The maximum absolute atomic E-state index is 11.7. The van der Waals surface area contributed by atoms with Gasteiger partial charge < -0.3 is 4.74 Å². The smallest absolute Gasteiger partial charge is 0.321 e. The van der Waals surface area contributed by atoms with Crippen molar-refractivity contribution in [3.05, 3.63) is 0 Å². The fraction of sp³-hybridized carbons (Fsp3) is 0.800. The maximum Gasteiger partial charge on any atom is 0.321 e. The van der Waals surface area contributed by atoms with Gasteiger partial charge in [-0.25, -0.2) is 0 Å². The number of hydrogen-bond acceptors (Lipinski definition) is 3. The summed E-state index contributed by atoms with van der Waals surface area (Å²) < 4.78 is 5.01. The Bertz CT molecular complexity index is 219. The average Bonchev–Trinajstić information content (AvgIpc) is 2.05. The Morgan fingerprint density at radius 2 is 1.71 bits per heavy atom. The first-order valence-electron chi connectivity index (χ1n) is 4.81. The predicted octanol–water partition coefficient (Wildman–Crippen LogP) is 2.51. The number of carbonyl (C=O) groups excluding carboxylic acids is 2. The summed E-state index contributed by atoms with van der Waals surface area (Å²) >= 11 is 5.44. The lowest BCUT2D eigenvalue weighted by Crippen LogP contribution is -2.38. The van der Waals surface area contributed by atoms with Crippen molar-refractivity contribution in [2.75, 3.05) is 0 Å². The second-order valence-electron chi connectivity index (χ2n) is 3.52. The summed E-state index contributed by atoms with van der Waals surface area (Å²) in [5.41, 5.74) is -1.16. The summed E-state index contributed by atoms with van der Waals surface area (Å²) in [5.74, 6) is -0.516. The standard InChI is InChI=1S/C10H17ClO3/c1-5-10(6-2,8(11)12)9(13)14-7(3)4/h7H,5-6H2,1-4H3. The van der Waals surface area contributed by atoms with Crippen LogP contribution in [0.15, 0.2) is 0 Å². The monoisotopic (exact) mass is 220 g/mol. The molecule has 82 valence electrons. The first-order chi connectivity index (χ1) is 6.40. The third kappa shape index (κ3) is 2.71. The predicted molar refractivity (Wildman–Crippen MR) is 55.1 cm³/mol. The second kappa shape index (κ2) is 5.35. The van der Waals surface area contributed by atoms with Crippen LogP contribution in [-0.2, 0) is 14.3 Å². The molecule has 0 spiro atoms. The first-order valence-corrected chi connectivity index (χ1v) is 5.19. The Morgan fingerprint density at radius 3 is 1.93 bits per heavy atom. The quantitative estimate of drug-likeness (QED) is 0.406. The lowest BCUT2D eigenvalue weighted by Gasteiger charge is -2.25. The van der Waals surface area contributed by atoms with E-state index in [1.807, 2.05) is 0 Å². The lowest BCUT2D eigenvalue weighted by molar-refractivity contribution is -0.162. The van der Waals surface area contributed by atoms with Crippen LogP contribution in [0.4, 0.5) is 0 Å². The van der Waals surface area contributed by atoms with E-state index in [0.717, 1.165) is 0 Å². The normalized spacial score (nSPS) is 11.6. The highest BCUT2D eigenvalue weighted by Gasteiger charge is 2.43. The van der Waals surface area contributed by atoms with Crippen LogP contribution in [0.1, 0.15) is 40.5 Å². The Labute approximate surface area is 89.8 Å². The van der Waals surface area contributed by atoms with Gasteiger partial charge in [-0.3, -0.25) is 9.59 Å². The summed E-state index contributed by atoms with van der Waals surface area (Å²) in [5, 5.41) is -0.631. The van der Waals surface area contributed by atoms with Crippen molar-refractivity contribution in [3.8, 4) is 0 Å². The van der Waals surface area contributed by atoms with Gasteiger partial charge in [0.05, 0.1) is 6.10 Å². The molecule has 0 aromatic rings. The van der Waals surface area contributed by atoms with Gasteiger partial charge in [0.15, 0.2) is 0 Å². The molecule has 0 aliphatic carbocycles. The number of rotatable bonds is 5. The minimum absolute atomic E-state index is 0.226. The van der Waals surface area contributed by atoms with Crippen LogP contribution in [0.2, 0.25) is 0 Å². The van der Waals surface area contributed by atoms with Gasteiger partial charge >= 0.3 is 5.97 Å². The van der Waals surface area contributed by atoms with Crippen molar-refractivity contribution in [2.24, 2.45) is 5.41 Å². The molecule has 0 rings (SSSR count). The number of hydrogen-bond donors (Lipinski definition) is 0. The number of halogens is 1. The summed E-state index contributed by atoms with van der Waals surface area (Å²) in [6.07, 6.45) is 0.519. The van der Waals surface area contributed by atoms with Crippen LogP contribution < -0.4 is 0 Å². The van der Waals surface area contributed by atoms with E-state index < -0.39 is 16.6 Å². The van der Waals surface area contributed by atoms with Crippen LogP contribution in [0, 0.1) is 5.41 Å². The fourth-order valence-electron chi connectivity index (χ4n) is 1.22. The van der Waals surface area contributed by atoms with Gasteiger partial charge in [-0.05, 0) is 38.3 Å². The van der Waals surface area contributed by atoms with Gasteiger partial charge in [-0.1, -0.05) is 13.8 Å². The van der Waals surface area contributed by atoms with Crippen molar-refractivity contribution >= 4 is 22.8 Å². The molecule has 14 heavy (non-hydrogen) atoms. The molecular weight excluding hydrogens is 204 g/mol. The molecule has 0 aliphatic rings. The highest BCUT2D eigenvalue weighted by Crippen LogP contribution is 2.31. The van der Waals surface area contributed by atoms with Crippen molar-refractivity contribution < 1.29 is 14.3 Å². The highest BCUT2D eigenvalue weighted by atomic mass is 35.5. The molecule has 0 saturated heterocycles. The van der Waals surface area contributed by atoms with Gasteiger partial charge in [-0.2, -0.15) is 0 Å². The van der Waals surface area contributed by atoms with Crippen LogP contribution in [0.25, 0.3) is 0 Å². The molecule has 0 heterocycles. The third-order valence-corrected chi connectivity index (χ3v) is 2.68. The molecule has 3 nitrogen and oxygen atoms in total. The summed E-state index contributed by atoms with van der Waals surface area (Å²) in [4.78, 5) is 22.9. The van der Waals surface area contributed by atoms with Crippen LogP contribution in [-0.4, -0.2) is 17.3 Å². The summed E-state index contributed by atoms with van der Waals surface area (Å²) in [6, 6.07) is 0. The second-order valence-corrected chi connectivity index (χ2v) is 3.86. The Hall–Kier alpha value is -0.570. The molecule has 0 amide bonds. The van der Waals surface area contributed by atoms with Gasteiger partial charge in [0.1, 0.15) is 5.41 Å². The van der Waals surface area contributed by atoms with Gasteiger partial charge in [0, 0.05) is 0 Å². The molecule has 0 bridgehead atoms. The Morgan fingerprint density at radius 1 is 1.29 bits per heavy atom. The molecule has 4 heteroatoms. The summed E-state index contributed by atoms with van der Waals surface area (Å²) in [6.45, 7) is 7.00. The van der Waals surface area contributed by atoms with Crippen LogP contribution >= 0.6 is 11.6 Å². The highest BCUT2D eigenvalue weighted by molar-refractivity contribution is 6.66. The minimum Gasteiger partial charge on any atom is -0.462 e. The number of esters is 1. The minimum atomic E-state index is -1.16. The Kier molecular flexibility index (Phi) is 5.13. The van der Waals surface area contributed by atoms with E-state index in [2.05, 4.69) is 0 Å². The SMILES string of the molecule is CCC(CC)(C(=O)Cl)C(=O)OC(C)C. The Balaban J connectivity index is 4.81. The molecule has 0 unspecified atom stereocenters. The molecule has 0 aromatic carbocycles. The molecule has 0 aromatic heterocycles. The van der Waals surface area contributed by atoms with Gasteiger partial charge in [-0.15, -0.1) is 0 Å². The van der Waals surface area contributed by atoms with E-state index >= 15 is 0 Å². The first kappa shape index (κ1) is 13.4. The molecule has 0 aliphatic heterocycles. The maximum atomic E-state index is 11.7. The van der Waals surface area contributed by atoms with Crippen molar-refractivity contribution in [3.63, 3.8) is 0 Å². The van der Waals surface area contributed by atoms with E-state index in [4.69, 9.17) is 16.3 Å². The van der Waals surface area contributed by atoms with E-state index in [0.29, 0.717) is 12.8 Å². The largest absolute Gasteiger partial charge is 0.462 e. The van der Waals surface area contributed by atoms with Crippen LogP contribution in [0.5, 0.6) is 0 Å². The average molecular weight is 221 g/mol. The summed E-state index contributed by atoms with van der Waals surface area (Å²) in [7, 11) is 0. The molecular formula is C10H17ClO3. The van der Waals surface area contributed by atoms with Crippen molar-refractivity contribution in [2.45, 2.75) is 46.6 Å². The van der Waals surface area contributed by atoms with Crippen LogP contribution in [0.3, 0.4) is 0 Å². The molecule has 0 atom stereocenters. The van der Waals surface area contributed by atoms with Gasteiger partial charge in [0.2, 0.25) is 5.24 Å². The number of carbonyl (C=O) groups is 2. The third-order valence-electron chi connectivity index (χ3n) is 2.32. The van der Waals surface area contributed by atoms with Crippen molar-refractivity contribution in [1.82, 2.24) is 0 Å². The molecule has 0 radical (unpaired) electrons. The van der Waals surface area contributed by atoms with E-state index in [1.165, 1.54) is 0 Å². The zero-order valence-corrected chi connectivity index (χ0v) is 9.85. The topological polar surface area (TPSA) is 43.4 Å². The molecule has 0 fully saturated rings. The van der Waals surface area contributed by atoms with E-state index in [-0.39, 0.29) is 6.10 Å². The fourth-order valence-corrected chi connectivity index (χ4v) is 1.57. The zero-order valence-electron chi connectivity index (χ0n) is 9.09. The van der Waals surface area contributed by atoms with E-state index in [1.54, 1.807) is 27.7 Å². The molecule has 0 N–H and O–H groups in total. The van der Waals surface area contributed by atoms with Gasteiger partial charge in [0.25, 0.3) is 0 Å². The zero-order chi connectivity index (χ0) is 11.4. The lowest BCUT2D eigenvalue weighted by atomic mass is 9.84. The van der Waals surface area contributed by atoms with Crippen molar-refractivity contribution in [1.29, 1.82) is 0 Å². The number of ether oxygens (including phenoxy) is 1. The molecule has 0 saturated carbocycles. The van der Waals surface area contributed by atoms with E-state index in [9.17, 15) is 9.59 Å².